The first kappa shape index (κ1) is 31.7. The number of urea groups is 1. The number of amides is 2. The van der Waals surface area contributed by atoms with Gasteiger partial charge in [0.25, 0.3) is 5.17 Å². The predicted octanol–water partition coefficient (Wildman–Crippen LogP) is 5.19. The molecule has 0 N–H and O–H groups in total. The molecule has 0 spiro atoms. The van der Waals surface area contributed by atoms with Crippen LogP contribution < -0.4 is 0 Å². The van der Waals surface area contributed by atoms with E-state index in [0.29, 0.717) is 49.6 Å². The van der Waals surface area contributed by atoms with Gasteiger partial charge in [0.2, 0.25) is 0 Å². The SMILES string of the molecule is COCCOCO[C@@H]1[C@@H]([C@H](Cc2ccccc2)OC(=S)n2ccnc2)N(CC2CC2)C(=O)N(CC2CC2)[C@@H]1Cc1ccccc1. The number of hydrogen-bond donors (Lipinski definition) is 0. The van der Waals surface area contributed by atoms with Gasteiger partial charge in [-0.1, -0.05) is 60.7 Å². The largest absolute Gasteiger partial charge is 0.464 e. The van der Waals surface area contributed by atoms with Crippen LogP contribution in [-0.4, -0.2) is 95.1 Å². The van der Waals surface area contributed by atoms with Gasteiger partial charge in [-0.15, -0.1) is 0 Å². The zero-order valence-corrected chi connectivity index (χ0v) is 26.8. The monoisotopic (exact) mass is 632 g/mol. The number of benzene rings is 2. The molecule has 9 nitrogen and oxygen atoms in total. The molecule has 3 fully saturated rings. The summed E-state index contributed by atoms with van der Waals surface area (Å²) in [4.78, 5) is 23.1. The number of nitrogens with zero attached hydrogens (tertiary/aromatic N) is 4. The molecule has 0 unspecified atom stereocenters. The van der Waals surface area contributed by atoms with Crippen molar-refractivity contribution in [1.82, 2.24) is 19.4 Å². The van der Waals surface area contributed by atoms with E-state index >= 15 is 0 Å². The van der Waals surface area contributed by atoms with Gasteiger partial charge in [0.1, 0.15) is 25.3 Å². The summed E-state index contributed by atoms with van der Waals surface area (Å²) in [6.45, 7) is 2.38. The van der Waals surface area contributed by atoms with Gasteiger partial charge in [-0.25, -0.2) is 9.78 Å². The minimum atomic E-state index is -0.477. The van der Waals surface area contributed by atoms with Gasteiger partial charge in [0, 0.05) is 39.0 Å². The van der Waals surface area contributed by atoms with Crippen LogP contribution in [0.3, 0.4) is 0 Å². The number of thiocarbonyl (C=S) groups is 1. The Hall–Kier alpha value is -3.31. The molecule has 2 saturated carbocycles. The van der Waals surface area contributed by atoms with Crippen molar-refractivity contribution in [2.24, 2.45) is 11.8 Å². The van der Waals surface area contributed by atoms with Gasteiger partial charge in [-0.3, -0.25) is 4.57 Å². The summed E-state index contributed by atoms with van der Waals surface area (Å²) in [6, 6.07) is 20.1. The number of rotatable bonds is 16. The van der Waals surface area contributed by atoms with Crippen molar-refractivity contribution in [2.45, 2.75) is 62.8 Å². The minimum absolute atomic E-state index is 0.0649. The number of imidazole rings is 1. The van der Waals surface area contributed by atoms with Crippen LogP contribution in [0.25, 0.3) is 0 Å². The van der Waals surface area contributed by atoms with E-state index in [-0.39, 0.29) is 18.9 Å². The van der Waals surface area contributed by atoms with Gasteiger partial charge in [0.05, 0.1) is 25.3 Å². The molecular weight excluding hydrogens is 588 g/mol. The summed E-state index contributed by atoms with van der Waals surface area (Å²) in [6.07, 6.45) is 9.99. The number of hydrogen-bond acceptors (Lipinski definition) is 7. The Balaban J connectivity index is 1.40. The zero-order valence-electron chi connectivity index (χ0n) is 26.0. The Morgan fingerprint density at radius 2 is 1.60 bits per heavy atom. The van der Waals surface area contributed by atoms with Crippen molar-refractivity contribution < 1.29 is 23.7 Å². The maximum Gasteiger partial charge on any atom is 0.320 e. The fourth-order valence-electron chi connectivity index (χ4n) is 6.25. The van der Waals surface area contributed by atoms with Crippen LogP contribution in [0.2, 0.25) is 0 Å². The van der Waals surface area contributed by atoms with E-state index in [2.05, 4.69) is 46.3 Å². The average Bonchev–Trinajstić information content (AvgIpc) is 4.00. The van der Waals surface area contributed by atoms with Crippen molar-refractivity contribution in [2.75, 3.05) is 40.2 Å². The van der Waals surface area contributed by atoms with Crippen LogP contribution in [-0.2, 0) is 31.8 Å². The topological polar surface area (TPSA) is 78.3 Å². The van der Waals surface area contributed by atoms with E-state index < -0.39 is 18.2 Å². The van der Waals surface area contributed by atoms with E-state index in [9.17, 15) is 4.79 Å². The lowest BCUT2D eigenvalue weighted by molar-refractivity contribution is -0.162. The Morgan fingerprint density at radius 3 is 2.22 bits per heavy atom. The van der Waals surface area contributed by atoms with Crippen molar-refractivity contribution in [3.63, 3.8) is 0 Å². The van der Waals surface area contributed by atoms with Crippen LogP contribution in [0.5, 0.6) is 0 Å². The molecule has 240 valence electrons. The third kappa shape index (κ3) is 8.49. The smallest absolute Gasteiger partial charge is 0.320 e. The van der Waals surface area contributed by atoms with Crippen molar-refractivity contribution in [3.8, 4) is 0 Å². The number of aromatic nitrogens is 2. The highest BCUT2D eigenvalue weighted by molar-refractivity contribution is 7.80. The second kappa shape index (κ2) is 15.3. The first-order valence-corrected chi connectivity index (χ1v) is 16.5. The molecule has 0 radical (unpaired) electrons. The number of carbonyl (C=O) groups is 1. The Bertz CT molecular complexity index is 1350. The molecule has 2 aliphatic carbocycles. The quantitative estimate of drug-likeness (QED) is 0.122. The van der Waals surface area contributed by atoms with Crippen molar-refractivity contribution >= 4 is 23.4 Å². The second-order valence-corrected chi connectivity index (χ2v) is 12.8. The van der Waals surface area contributed by atoms with Gasteiger partial charge >= 0.3 is 6.03 Å². The lowest BCUT2D eigenvalue weighted by atomic mass is 9.86. The molecular formula is C35H44N4O5S. The van der Waals surface area contributed by atoms with E-state index in [4.69, 9.17) is 31.2 Å². The molecule has 1 aromatic heterocycles. The summed E-state index contributed by atoms with van der Waals surface area (Å²) >= 11 is 5.81. The van der Waals surface area contributed by atoms with Crippen LogP contribution in [0.1, 0.15) is 36.8 Å². The van der Waals surface area contributed by atoms with Crippen LogP contribution in [0.4, 0.5) is 4.79 Å². The highest BCUT2D eigenvalue weighted by Gasteiger charge is 2.53. The van der Waals surface area contributed by atoms with E-state index in [1.807, 2.05) is 29.2 Å². The molecule has 2 aromatic carbocycles. The molecule has 6 rings (SSSR count). The number of ether oxygens (including phenoxy) is 4. The lowest BCUT2D eigenvalue weighted by Gasteiger charge is -2.52. The van der Waals surface area contributed by atoms with Crippen molar-refractivity contribution in [1.29, 1.82) is 0 Å². The summed E-state index contributed by atoms with van der Waals surface area (Å²) < 4.78 is 26.3. The van der Waals surface area contributed by atoms with Gasteiger partial charge in [-0.2, -0.15) is 0 Å². The summed E-state index contributed by atoms with van der Waals surface area (Å²) in [5.74, 6) is 0.997. The molecule has 0 bridgehead atoms. The van der Waals surface area contributed by atoms with Gasteiger partial charge in [0.15, 0.2) is 0 Å². The first-order chi connectivity index (χ1) is 22.1. The fraction of sp³-hybridized carbons (Fsp3) is 0.514. The Kier molecular flexibility index (Phi) is 10.8. The van der Waals surface area contributed by atoms with E-state index in [0.717, 1.165) is 43.4 Å². The van der Waals surface area contributed by atoms with Crippen LogP contribution in [0.15, 0.2) is 79.4 Å². The third-order valence-electron chi connectivity index (χ3n) is 8.96. The molecule has 10 heteroatoms. The predicted molar refractivity (Wildman–Crippen MR) is 175 cm³/mol. The molecule has 1 aliphatic heterocycles. The van der Waals surface area contributed by atoms with Gasteiger partial charge in [-0.05, 0) is 67.3 Å². The molecule has 2 heterocycles. The lowest BCUT2D eigenvalue weighted by Crippen LogP contribution is -2.71. The van der Waals surface area contributed by atoms with Crippen molar-refractivity contribution in [3.05, 3.63) is 90.5 Å². The van der Waals surface area contributed by atoms with E-state index in [1.165, 1.54) is 0 Å². The molecule has 3 aliphatic rings. The zero-order chi connectivity index (χ0) is 31.0. The molecule has 1 saturated heterocycles. The van der Waals surface area contributed by atoms with Crippen LogP contribution in [0, 0.1) is 11.8 Å². The molecule has 2 amide bonds. The minimum Gasteiger partial charge on any atom is -0.464 e. The molecule has 45 heavy (non-hydrogen) atoms. The standard InChI is InChI=1S/C35H44N4O5S/c1-41-18-19-42-25-43-33-30(20-26-8-4-2-5-9-26)38(22-28-12-13-28)34(40)39(23-29-14-15-29)32(33)31(21-27-10-6-3-7-11-27)44-35(45)37-17-16-36-24-37/h2-11,16-17,24,28-33H,12-15,18-23,25H2,1H3/t30-,31+,32-,33+/m1/s1. The highest BCUT2D eigenvalue weighted by Crippen LogP contribution is 2.39. The maximum absolute atomic E-state index is 14.7. The van der Waals surface area contributed by atoms with Crippen LogP contribution >= 0.6 is 12.2 Å². The maximum atomic E-state index is 14.7. The molecule has 3 aromatic rings. The highest BCUT2D eigenvalue weighted by atomic mass is 32.1. The normalized spacial score (nSPS) is 22.4. The third-order valence-corrected chi connectivity index (χ3v) is 9.27. The summed E-state index contributed by atoms with van der Waals surface area (Å²) in [5.41, 5.74) is 2.26. The second-order valence-electron chi connectivity index (χ2n) is 12.5. The number of carbonyl (C=O) groups excluding carboxylic acids is 1. The average molecular weight is 633 g/mol. The summed E-state index contributed by atoms with van der Waals surface area (Å²) in [7, 11) is 1.66. The first-order valence-electron chi connectivity index (χ1n) is 16.1. The summed E-state index contributed by atoms with van der Waals surface area (Å²) in [5, 5.41) is 0.294. The Labute approximate surface area is 271 Å². The van der Waals surface area contributed by atoms with E-state index in [1.54, 1.807) is 30.4 Å². The Morgan fingerprint density at radius 1 is 0.933 bits per heavy atom. The number of methoxy groups -OCH3 is 1. The molecule has 4 atom stereocenters. The fourth-order valence-corrected chi connectivity index (χ4v) is 6.49. The van der Waals surface area contributed by atoms with Gasteiger partial charge < -0.3 is 28.7 Å².